The lowest BCUT2D eigenvalue weighted by molar-refractivity contribution is -0.112. The molecule has 88 valence electrons. The second-order valence-corrected chi connectivity index (χ2v) is 3.80. The number of phenols is 2. The predicted octanol–water partition coefficient (Wildman–Crippen LogP) is 0.702. The fraction of sp³-hybridized carbons (Fsp3) is 0. The number of allylic oxidation sites excluding steroid dienone is 1. The second-order valence-electron chi connectivity index (χ2n) is 3.40. The molecule has 1 aromatic carbocycles. The van der Waals surface area contributed by atoms with Crippen molar-refractivity contribution in [3.05, 3.63) is 27.9 Å². The van der Waals surface area contributed by atoms with E-state index >= 15 is 0 Å². The molecule has 0 amide bonds. The van der Waals surface area contributed by atoms with Crippen LogP contribution in [0.25, 0.3) is 5.76 Å². The van der Waals surface area contributed by atoms with Crippen LogP contribution in [0.3, 0.4) is 0 Å². The van der Waals surface area contributed by atoms with Crippen molar-refractivity contribution in [3.63, 3.8) is 0 Å². The first-order valence-corrected chi connectivity index (χ1v) is 4.76. The van der Waals surface area contributed by atoms with Crippen LogP contribution in [0.15, 0.2) is 11.8 Å². The highest BCUT2D eigenvalue weighted by Crippen LogP contribution is 2.42. The van der Waals surface area contributed by atoms with E-state index in [0.717, 1.165) is 6.07 Å². The van der Waals surface area contributed by atoms with Gasteiger partial charge in [-0.2, -0.15) is 0 Å². The zero-order chi connectivity index (χ0) is 12.9. The summed E-state index contributed by atoms with van der Waals surface area (Å²) in [7, 11) is 0. The number of benzene rings is 1. The summed E-state index contributed by atoms with van der Waals surface area (Å²) in [6, 6.07) is 0.899. The smallest absolute Gasteiger partial charge is 0.253 e. The van der Waals surface area contributed by atoms with Gasteiger partial charge in [0.2, 0.25) is 5.78 Å². The van der Waals surface area contributed by atoms with Crippen LogP contribution in [-0.2, 0) is 4.79 Å². The Kier molecular flexibility index (Phi) is 2.25. The summed E-state index contributed by atoms with van der Waals surface area (Å²) in [4.78, 5) is 22.9. The Balaban J connectivity index is 2.95. The van der Waals surface area contributed by atoms with Crippen LogP contribution in [-0.4, -0.2) is 26.9 Å². The molecule has 5 N–H and O–H groups in total. The molecule has 0 aliphatic heterocycles. The SMILES string of the molecule is NC1=C(O)c2c(O)c(Cl)cc(O)c2C(=O)C1=O. The molecule has 0 atom stereocenters. The molecule has 0 saturated heterocycles. The highest BCUT2D eigenvalue weighted by molar-refractivity contribution is 6.52. The number of hydrogen-bond donors (Lipinski definition) is 4. The molecule has 0 radical (unpaired) electrons. The lowest BCUT2D eigenvalue weighted by Crippen LogP contribution is -2.28. The number of rotatable bonds is 0. The fourth-order valence-electron chi connectivity index (χ4n) is 1.56. The molecule has 0 fully saturated rings. The third-order valence-corrected chi connectivity index (χ3v) is 2.69. The van der Waals surface area contributed by atoms with Crippen LogP contribution in [0, 0.1) is 0 Å². The maximum absolute atomic E-state index is 11.6. The van der Waals surface area contributed by atoms with Gasteiger partial charge < -0.3 is 21.1 Å². The number of aliphatic hydroxyl groups excluding tert-OH is 1. The van der Waals surface area contributed by atoms with Crippen molar-refractivity contribution < 1.29 is 24.9 Å². The average molecular weight is 256 g/mol. The molecule has 2 rings (SSSR count). The van der Waals surface area contributed by atoms with Crippen molar-refractivity contribution in [2.24, 2.45) is 5.73 Å². The molecule has 0 bridgehead atoms. The number of halogens is 1. The number of carbonyl (C=O) groups excluding carboxylic acids is 2. The summed E-state index contributed by atoms with van der Waals surface area (Å²) < 4.78 is 0. The van der Waals surface area contributed by atoms with Crippen LogP contribution in [0.2, 0.25) is 5.02 Å². The van der Waals surface area contributed by atoms with Gasteiger partial charge in [0.15, 0.2) is 5.76 Å². The normalized spacial score (nSPS) is 15.1. The summed E-state index contributed by atoms with van der Waals surface area (Å²) in [5.41, 5.74) is 3.58. The molecule has 0 aromatic heterocycles. The van der Waals surface area contributed by atoms with Crippen molar-refractivity contribution in [2.45, 2.75) is 0 Å². The lowest BCUT2D eigenvalue weighted by Gasteiger charge is -2.18. The molecular weight excluding hydrogens is 250 g/mol. The fourth-order valence-corrected chi connectivity index (χ4v) is 1.76. The van der Waals surface area contributed by atoms with Crippen LogP contribution in [0.4, 0.5) is 0 Å². The summed E-state index contributed by atoms with van der Waals surface area (Å²) in [6.45, 7) is 0. The van der Waals surface area contributed by atoms with Crippen LogP contribution < -0.4 is 5.73 Å². The Morgan fingerprint density at radius 2 is 1.65 bits per heavy atom. The molecule has 1 aliphatic rings. The van der Waals surface area contributed by atoms with Gasteiger partial charge in [0, 0.05) is 6.07 Å². The van der Waals surface area contributed by atoms with Gasteiger partial charge in [0.1, 0.15) is 17.2 Å². The monoisotopic (exact) mass is 255 g/mol. The predicted molar refractivity (Wildman–Crippen MR) is 57.9 cm³/mol. The van der Waals surface area contributed by atoms with E-state index in [4.69, 9.17) is 17.3 Å². The molecule has 17 heavy (non-hydrogen) atoms. The van der Waals surface area contributed by atoms with Crippen molar-refractivity contribution in [3.8, 4) is 11.5 Å². The Hall–Kier alpha value is -2.21. The van der Waals surface area contributed by atoms with E-state index < -0.39 is 45.6 Å². The van der Waals surface area contributed by atoms with Crippen LogP contribution in [0.1, 0.15) is 15.9 Å². The van der Waals surface area contributed by atoms with Gasteiger partial charge in [-0.25, -0.2) is 0 Å². The number of aliphatic hydroxyl groups is 1. The van der Waals surface area contributed by atoms with Crippen LogP contribution >= 0.6 is 11.6 Å². The van der Waals surface area contributed by atoms with E-state index in [1.807, 2.05) is 0 Å². The van der Waals surface area contributed by atoms with Gasteiger partial charge in [-0.3, -0.25) is 9.59 Å². The standard InChI is InChI=1S/C10H6ClNO5/c11-2-1-3(13)4-5(7(2)14)8(15)6(12)10(17)9(4)16/h1,13-15H,12H2. The van der Waals surface area contributed by atoms with Gasteiger partial charge in [0.05, 0.1) is 16.1 Å². The number of ketones is 2. The topological polar surface area (TPSA) is 121 Å². The first-order valence-electron chi connectivity index (χ1n) is 4.38. The molecule has 0 spiro atoms. The summed E-state index contributed by atoms with van der Waals surface area (Å²) in [5, 5.41) is 28.4. The first kappa shape index (κ1) is 11.3. The number of phenolic OH excluding ortho intramolecular Hbond substituents is 2. The highest BCUT2D eigenvalue weighted by atomic mass is 35.5. The van der Waals surface area contributed by atoms with E-state index in [9.17, 15) is 24.9 Å². The molecular formula is C10H6ClNO5. The largest absolute Gasteiger partial charge is 0.507 e. The molecule has 1 aliphatic carbocycles. The minimum absolute atomic E-state index is 0.275. The molecule has 6 nitrogen and oxygen atoms in total. The van der Waals surface area contributed by atoms with E-state index in [1.165, 1.54) is 0 Å². The summed E-state index contributed by atoms with van der Waals surface area (Å²) in [5.74, 6) is -4.27. The summed E-state index contributed by atoms with van der Waals surface area (Å²) >= 11 is 5.57. The number of nitrogens with two attached hydrogens (primary N) is 1. The van der Waals surface area contributed by atoms with E-state index in [2.05, 4.69) is 0 Å². The molecule has 1 aromatic rings. The van der Waals surface area contributed by atoms with Crippen molar-refractivity contribution in [2.75, 3.05) is 0 Å². The number of Topliss-reactive ketones (excluding diaryl/α,β-unsaturated/α-hetero) is 2. The van der Waals surface area contributed by atoms with Gasteiger partial charge >= 0.3 is 0 Å². The van der Waals surface area contributed by atoms with Crippen molar-refractivity contribution >= 4 is 28.9 Å². The van der Waals surface area contributed by atoms with Gasteiger partial charge in [0.25, 0.3) is 5.78 Å². The highest BCUT2D eigenvalue weighted by Gasteiger charge is 2.36. The minimum Gasteiger partial charge on any atom is -0.507 e. The maximum Gasteiger partial charge on any atom is 0.253 e. The van der Waals surface area contributed by atoms with Crippen molar-refractivity contribution in [1.29, 1.82) is 0 Å². The molecule has 0 unspecified atom stereocenters. The maximum atomic E-state index is 11.6. The Morgan fingerprint density at radius 1 is 1.06 bits per heavy atom. The average Bonchev–Trinajstić information content (AvgIpc) is 2.28. The lowest BCUT2D eigenvalue weighted by atomic mass is 9.90. The Morgan fingerprint density at radius 3 is 2.24 bits per heavy atom. The molecule has 7 heteroatoms. The Labute approximate surface area is 99.5 Å². The number of carbonyl (C=O) groups is 2. The quantitative estimate of drug-likeness (QED) is 0.400. The van der Waals surface area contributed by atoms with Gasteiger partial charge in [-0.05, 0) is 0 Å². The van der Waals surface area contributed by atoms with Crippen molar-refractivity contribution in [1.82, 2.24) is 0 Å². The van der Waals surface area contributed by atoms with Gasteiger partial charge in [-0.15, -0.1) is 0 Å². The molecule has 0 saturated carbocycles. The Bertz CT molecular complexity index is 605. The summed E-state index contributed by atoms with van der Waals surface area (Å²) in [6.07, 6.45) is 0. The minimum atomic E-state index is -1.15. The zero-order valence-electron chi connectivity index (χ0n) is 8.19. The van der Waals surface area contributed by atoms with E-state index in [0.29, 0.717) is 0 Å². The van der Waals surface area contributed by atoms with E-state index in [1.54, 1.807) is 0 Å². The number of hydrogen-bond acceptors (Lipinski definition) is 6. The second kappa shape index (κ2) is 3.39. The third-order valence-electron chi connectivity index (χ3n) is 2.40. The third kappa shape index (κ3) is 1.34. The first-order chi connectivity index (χ1) is 7.86. The van der Waals surface area contributed by atoms with E-state index in [-0.39, 0.29) is 5.02 Å². The number of aromatic hydroxyl groups is 2. The zero-order valence-corrected chi connectivity index (χ0v) is 8.95. The van der Waals surface area contributed by atoms with Crippen LogP contribution in [0.5, 0.6) is 11.5 Å². The number of fused-ring (bicyclic) bond motifs is 1. The molecule has 0 heterocycles. The van der Waals surface area contributed by atoms with Gasteiger partial charge in [-0.1, -0.05) is 11.6 Å².